The van der Waals surface area contributed by atoms with Gasteiger partial charge in [-0.3, -0.25) is 18.6 Å². The maximum absolute atomic E-state index is 12.1. The van der Waals surface area contributed by atoms with Gasteiger partial charge >= 0.3 is 13.8 Å². The van der Waals surface area contributed by atoms with Crippen molar-refractivity contribution in [2.24, 2.45) is 0 Å². The molecule has 0 radical (unpaired) electrons. The van der Waals surface area contributed by atoms with Crippen molar-refractivity contribution in [3.05, 3.63) is 12.2 Å². The second kappa shape index (κ2) is 37.5. The molecule has 0 spiro atoms. The van der Waals surface area contributed by atoms with E-state index in [0.29, 0.717) is 6.42 Å². The summed E-state index contributed by atoms with van der Waals surface area (Å²) in [6.07, 6.45) is 37.1. The lowest BCUT2D eigenvalue weighted by Crippen LogP contribution is -2.27. The Kier molecular flexibility index (Phi) is 36.6. The van der Waals surface area contributed by atoms with E-state index in [1.165, 1.54) is 135 Å². The molecular formula is C40H78NO8P. The van der Waals surface area contributed by atoms with Crippen LogP contribution in [0.5, 0.6) is 0 Å². The summed E-state index contributed by atoms with van der Waals surface area (Å²) in [5.74, 6) is -0.515. The van der Waals surface area contributed by atoms with Gasteiger partial charge in [-0.15, -0.1) is 0 Å². The molecule has 0 saturated carbocycles. The number of phosphoric ester groups is 1. The second-order valence-electron chi connectivity index (χ2n) is 14.0. The number of hydrogen-bond acceptors (Lipinski definition) is 7. The SMILES string of the molecule is CCCCCCCC/C=C\CCCCCCCCCC(=O)OCC(O)COP(=O)(O)OCCNC(=O)CCCCCCCCCCCCCC. The number of aliphatic hydroxyl groups is 1. The van der Waals surface area contributed by atoms with Gasteiger partial charge in [0.05, 0.1) is 13.2 Å². The highest BCUT2D eigenvalue weighted by atomic mass is 31.2. The van der Waals surface area contributed by atoms with Crippen molar-refractivity contribution in [2.75, 3.05) is 26.4 Å². The molecule has 296 valence electrons. The Bertz CT molecular complexity index is 840. The predicted octanol–water partition coefficient (Wildman–Crippen LogP) is 11.0. The number of hydrogen-bond donors (Lipinski definition) is 3. The molecule has 2 atom stereocenters. The number of carbonyl (C=O) groups is 2. The number of aliphatic hydroxyl groups excluding tert-OH is 1. The van der Waals surface area contributed by atoms with E-state index >= 15 is 0 Å². The van der Waals surface area contributed by atoms with Gasteiger partial charge in [-0.25, -0.2) is 4.57 Å². The molecule has 0 aliphatic carbocycles. The van der Waals surface area contributed by atoms with Gasteiger partial charge in [0.2, 0.25) is 5.91 Å². The summed E-state index contributed by atoms with van der Waals surface area (Å²) >= 11 is 0. The third-order valence-electron chi connectivity index (χ3n) is 8.95. The number of carbonyl (C=O) groups excluding carboxylic acids is 2. The summed E-state index contributed by atoms with van der Waals surface area (Å²) in [6.45, 7) is 3.55. The number of esters is 1. The Morgan fingerprint density at radius 3 is 1.50 bits per heavy atom. The molecule has 1 amide bonds. The Balaban J connectivity index is 3.59. The molecule has 0 bridgehead atoms. The van der Waals surface area contributed by atoms with Gasteiger partial charge in [-0.1, -0.05) is 161 Å². The molecule has 0 aromatic rings. The number of allylic oxidation sites excluding steroid dienone is 2. The fourth-order valence-corrected chi connectivity index (χ4v) is 6.54. The lowest BCUT2D eigenvalue weighted by Gasteiger charge is -2.15. The van der Waals surface area contributed by atoms with E-state index in [1.807, 2.05) is 0 Å². The monoisotopic (exact) mass is 732 g/mol. The van der Waals surface area contributed by atoms with Crippen LogP contribution in [-0.2, 0) is 27.9 Å². The number of amides is 1. The lowest BCUT2D eigenvalue weighted by molar-refractivity contribution is -0.147. The second-order valence-corrected chi connectivity index (χ2v) is 15.4. The molecule has 0 fully saturated rings. The Morgan fingerprint density at radius 1 is 0.600 bits per heavy atom. The van der Waals surface area contributed by atoms with E-state index in [1.54, 1.807) is 0 Å². The summed E-state index contributed by atoms with van der Waals surface area (Å²) in [6, 6.07) is 0. The molecule has 50 heavy (non-hydrogen) atoms. The molecule has 9 nitrogen and oxygen atoms in total. The van der Waals surface area contributed by atoms with Crippen molar-refractivity contribution in [1.29, 1.82) is 0 Å². The van der Waals surface area contributed by atoms with E-state index in [9.17, 15) is 24.2 Å². The highest BCUT2D eigenvalue weighted by Crippen LogP contribution is 2.42. The highest BCUT2D eigenvalue weighted by Gasteiger charge is 2.23. The summed E-state index contributed by atoms with van der Waals surface area (Å²) in [4.78, 5) is 33.8. The fraction of sp³-hybridized carbons (Fsp3) is 0.900. The molecule has 0 aliphatic heterocycles. The van der Waals surface area contributed by atoms with Crippen LogP contribution < -0.4 is 5.32 Å². The van der Waals surface area contributed by atoms with E-state index in [0.717, 1.165) is 38.5 Å². The minimum Gasteiger partial charge on any atom is -0.463 e. The molecule has 0 saturated heterocycles. The number of phosphoric acid groups is 1. The molecular weight excluding hydrogens is 653 g/mol. The van der Waals surface area contributed by atoms with Gasteiger partial charge in [0.25, 0.3) is 0 Å². The van der Waals surface area contributed by atoms with Crippen LogP contribution in [0.3, 0.4) is 0 Å². The van der Waals surface area contributed by atoms with Gasteiger partial charge in [-0.2, -0.15) is 0 Å². The van der Waals surface area contributed by atoms with Crippen molar-refractivity contribution in [2.45, 2.75) is 206 Å². The molecule has 2 unspecified atom stereocenters. The van der Waals surface area contributed by atoms with Crippen LogP contribution in [0.4, 0.5) is 0 Å². The first-order valence-electron chi connectivity index (χ1n) is 20.7. The smallest absolute Gasteiger partial charge is 0.463 e. The Labute approximate surface area is 307 Å². The van der Waals surface area contributed by atoms with Gasteiger partial charge in [0, 0.05) is 19.4 Å². The fourth-order valence-electron chi connectivity index (χ4n) is 5.79. The van der Waals surface area contributed by atoms with Crippen LogP contribution in [-0.4, -0.2) is 54.3 Å². The van der Waals surface area contributed by atoms with E-state index in [2.05, 4.69) is 31.3 Å². The number of nitrogens with one attached hydrogen (secondary N) is 1. The first-order valence-corrected chi connectivity index (χ1v) is 22.2. The standard InChI is InChI=1S/C40H78NO8P/c1-3-5-7-9-11-13-15-17-18-19-20-21-23-25-27-29-31-33-40(44)47-36-38(42)37-49-50(45,46)48-35-34-41-39(43)32-30-28-26-24-22-16-14-12-10-8-6-4-2/h17-18,38,42H,3-16,19-37H2,1-2H3,(H,41,43)(H,45,46)/b18-17-. The maximum Gasteiger partial charge on any atom is 0.472 e. The maximum atomic E-state index is 12.1. The molecule has 0 aromatic heterocycles. The third kappa shape index (κ3) is 38.0. The summed E-state index contributed by atoms with van der Waals surface area (Å²) in [7, 11) is -4.41. The first kappa shape index (κ1) is 48.8. The van der Waals surface area contributed by atoms with Crippen molar-refractivity contribution in [3.8, 4) is 0 Å². The molecule has 3 N–H and O–H groups in total. The number of unbranched alkanes of at least 4 members (excludes halogenated alkanes) is 24. The van der Waals surface area contributed by atoms with Crippen molar-refractivity contribution in [3.63, 3.8) is 0 Å². The Hall–Kier alpha value is -1.25. The van der Waals surface area contributed by atoms with Crippen LogP contribution in [0, 0.1) is 0 Å². The van der Waals surface area contributed by atoms with Gasteiger partial charge < -0.3 is 20.1 Å². The summed E-state index contributed by atoms with van der Waals surface area (Å²) < 4.78 is 26.8. The van der Waals surface area contributed by atoms with E-state index < -0.39 is 26.5 Å². The molecule has 0 rings (SSSR count). The summed E-state index contributed by atoms with van der Waals surface area (Å²) in [5, 5.41) is 12.7. The first-order chi connectivity index (χ1) is 24.3. The van der Waals surface area contributed by atoms with Gasteiger partial charge in [0.1, 0.15) is 12.7 Å². The molecule has 10 heteroatoms. The summed E-state index contributed by atoms with van der Waals surface area (Å²) in [5.41, 5.74) is 0. The zero-order chi connectivity index (χ0) is 36.8. The van der Waals surface area contributed by atoms with Crippen molar-refractivity contribution in [1.82, 2.24) is 5.32 Å². The molecule has 0 heterocycles. The Morgan fingerprint density at radius 2 is 1.02 bits per heavy atom. The minimum absolute atomic E-state index is 0.0855. The zero-order valence-electron chi connectivity index (χ0n) is 32.4. The topological polar surface area (TPSA) is 131 Å². The van der Waals surface area contributed by atoms with Crippen LogP contribution in [0.2, 0.25) is 0 Å². The van der Waals surface area contributed by atoms with Gasteiger partial charge in [-0.05, 0) is 38.5 Å². The highest BCUT2D eigenvalue weighted by molar-refractivity contribution is 7.47. The van der Waals surface area contributed by atoms with E-state index in [4.69, 9.17) is 13.8 Å². The van der Waals surface area contributed by atoms with Crippen LogP contribution in [0.25, 0.3) is 0 Å². The van der Waals surface area contributed by atoms with Crippen molar-refractivity contribution < 1.29 is 37.9 Å². The predicted molar refractivity (Wildman–Crippen MR) is 206 cm³/mol. The minimum atomic E-state index is -4.41. The quantitative estimate of drug-likeness (QED) is 0.0246. The molecule has 0 aromatic carbocycles. The average molecular weight is 732 g/mol. The van der Waals surface area contributed by atoms with Crippen molar-refractivity contribution >= 4 is 19.7 Å². The van der Waals surface area contributed by atoms with Crippen LogP contribution in [0.1, 0.15) is 200 Å². The van der Waals surface area contributed by atoms with Crippen LogP contribution >= 0.6 is 7.82 Å². The average Bonchev–Trinajstić information content (AvgIpc) is 3.10. The zero-order valence-corrected chi connectivity index (χ0v) is 33.3. The number of ether oxygens (including phenoxy) is 1. The lowest BCUT2D eigenvalue weighted by atomic mass is 10.0. The number of rotatable bonds is 39. The van der Waals surface area contributed by atoms with Crippen LogP contribution in [0.15, 0.2) is 12.2 Å². The molecule has 0 aliphatic rings. The van der Waals surface area contributed by atoms with E-state index in [-0.39, 0.29) is 32.1 Å². The normalized spacial score (nSPS) is 13.4. The van der Waals surface area contributed by atoms with Gasteiger partial charge in [0.15, 0.2) is 0 Å². The largest absolute Gasteiger partial charge is 0.472 e. The third-order valence-corrected chi connectivity index (χ3v) is 9.93.